The molecule has 0 spiro atoms. The van der Waals surface area contributed by atoms with Gasteiger partial charge < -0.3 is 10.5 Å². The molecule has 3 nitrogen and oxygen atoms in total. The van der Waals surface area contributed by atoms with Gasteiger partial charge >= 0.3 is 0 Å². The first-order chi connectivity index (χ1) is 7.20. The summed E-state index contributed by atoms with van der Waals surface area (Å²) >= 11 is 0. The van der Waals surface area contributed by atoms with Gasteiger partial charge in [-0.2, -0.15) is 0 Å². The molecule has 1 aromatic heterocycles. The van der Waals surface area contributed by atoms with Crippen LogP contribution >= 0.6 is 0 Å². The Balaban J connectivity index is 2.82. The Hall–Kier alpha value is -0.930. The average molecular weight is 208 g/mol. The van der Waals surface area contributed by atoms with E-state index in [4.69, 9.17) is 10.5 Å². The molecule has 3 heteroatoms. The van der Waals surface area contributed by atoms with Crippen molar-refractivity contribution < 1.29 is 4.74 Å². The fourth-order valence-electron chi connectivity index (χ4n) is 1.71. The quantitative estimate of drug-likeness (QED) is 0.807. The summed E-state index contributed by atoms with van der Waals surface area (Å²) in [5, 5.41) is 0. The van der Waals surface area contributed by atoms with E-state index in [2.05, 4.69) is 18.8 Å². The number of pyridine rings is 1. The van der Waals surface area contributed by atoms with Gasteiger partial charge in [-0.15, -0.1) is 0 Å². The van der Waals surface area contributed by atoms with Crippen molar-refractivity contribution >= 4 is 0 Å². The van der Waals surface area contributed by atoms with Crippen LogP contribution < -0.4 is 5.73 Å². The lowest BCUT2D eigenvalue weighted by atomic mass is 9.98. The molecule has 0 saturated carbocycles. The van der Waals surface area contributed by atoms with E-state index in [1.54, 1.807) is 6.20 Å². The van der Waals surface area contributed by atoms with E-state index < -0.39 is 0 Å². The van der Waals surface area contributed by atoms with Crippen LogP contribution in [0.15, 0.2) is 18.5 Å². The molecule has 0 fully saturated rings. The van der Waals surface area contributed by atoms with Gasteiger partial charge in [-0.05, 0) is 37.5 Å². The number of hydrogen-bond donors (Lipinski definition) is 1. The fourth-order valence-corrected chi connectivity index (χ4v) is 1.71. The van der Waals surface area contributed by atoms with E-state index in [1.807, 2.05) is 19.2 Å². The van der Waals surface area contributed by atoms with Crippen molar-refractivity contribution in [3.05, 3.63) is 29.6 Å². The smallest absolute Gasteiger partial charge is 0.0765 e. The molecule has 0 aliphatic carbocycles. The van der Waals surface area contributed by atoms with Gasteiger partial charge in [-0.3, -0.25) is 4.98 Å². The van der Waals surface area contributed by atoms with Crippen LogP contribution in [0.4, 0.5) is 0 Å². The van der Waals surface area contributed by atoms with Crippen LogP contribution in [0.2, 0.25) is 0 Å². The van der Waals surface area contributed by atoms with Crippen LogP contribution in [0.25, 0.3) is 0 Å². The number of hydrogen-bond acceptors (Lipinski definition) is 3. The van der Waals surface area contributed by atoms with Gasteiger partial charge in [0.2, 0.25) is 0 Å². The molecule has 2 unspecified atom stereocenters. The van der Waals surface area contributed by atoms with Gasteiger partial charge in [-0.1, -0.05) is 6.92 Å². The average Bonchev–Trinajstić information content (AvgIpc) is 2.25. The van der Waals surface area contributed by atoms with Crippen LogP contribution in [-0.2, 0) is 4.74 Å². The number of nitrogens with two attached hydrogens (primary N) is 1. The second kappa shape index (κ2) is 5.83. The standard InChI is InChI=1S/C12H20N2O/c1-4-11(15-5-2)12(13)10-8-14-7-6-9(10)3/h6-8,11-12H,4-5,13H2,1-3H3. The highest BCUT2D eigenvalue weighted by Gasteiger charge is 2.19. The minimum absolute atomic E-state index is 0.0800. The third-order valence-corrected chi connectivity index (χ3v) is 2.62. The highest BCUT2D eigenvalue weighted by Crippen LogP contribution is 2.21. The van der Waals surface area contributed by atoms with Crippen molar-refractivity contribution in [3.63, 3.8) is 0 Å². The summed E-state index contributed by atoms with van der Waals surface area (Å²) in [6.07, 6.45) is 4.62. The SMILES string of the molecule is CCOC(CC)C(N)c1cnccc1C. The fraction of sp³-hybridized carbons (Fsp3) is 0.583. The minimum atomic E-state index is -0.0800. The molecule has 0 saturated heterocycles. The first kappa shape index (κ1) is 12.1. The monoisotopic (exact) mass is 208 g/mol. The molecule has 84 valence electrons. The maximum Gasteiger partial charge on any atom is 0.0765 e. The lowest BCUT2D eigenvalue weighted by molar-refractivity contribution is 0.0411. The largest absolute Gasteiger partial charge is 0.377 e. The summed E-state index contributed by atoms with van der Waals surface area (Å²) in [6.45, 7) is 6.83. The molecule has 2 atom stereocenters. The van der Waals surface area contributed by atoms with E-state index in [1.165, 1.54) is 5.56 Å². The Morgan fingerprint density at radius 1 is 1.47 bits per heavy atom. The van der Waals surface area contributed by atoms with Crippen LogP contribution in [0, 0.1) is 6.92 Å². The van der Waals surface area contributed by atoms with Crippen molar-refractivity contribution in [2.24, 2.45) is 5.73 Å². The van der Waals surface area contributed by atoms with Gasteiger partial charge in [0.1, 0.15) is 0 Å². The van der Waals surface area contributed by atoms with Crippen molar-refractivity contribution in [1.82, 2.24) is 4.98 Å². The van der Waals surface area contributed by atoms with Crippen LogP contribution in [0.3, 0.4) is 0 Å². The molecule has 1 heterocycles. The van der Waals surface area contributed by atoms with Gasteiger partial charge in [0.05, 0.1) is 12.1 Å². The first-order valence-corrected chi connectivity index (χ1v) is 5.48. The van der Waals surface area contributed by atoms with Crippen molar-refractivity contribution in [2.75, 3.05) is 6.61 Å². The van der Waals surface area contributed by atoms with E-state index in [9.17, 15) is 0 Å². The molecule has 1 aromatic rings. The Morgan fingerprint density at radius 2 is 2.20 bits per heavy atom. The van der Waals surface area contributed by atoms with Gasteiger partial charge in [0, 0.05) is 19.0 Å². The van der Waals surface area contributed by atoms with E-state index in [0.29, 0.717) is 6.61 Å². The summed E-state index contributed by atoms with van der Waals surface area (Å²) in [5.74, 6) is 0. The van der Waals surface area contributed by atoms with Crippen molar-refractivity contribution in [2.45, 2.75) is 39.3 Å². The van der Waals surface area contributed by atoms with E-state index in [-0.39, 0.29) is 12.1 Å². The number of nitrogens with zero attached hydrogens (tertiary/aromatic N) is 1. The summed E-state index contributed by atoms with van der Waals surface area (Å²) in [7, 11) is 0. The van der Waals surface area contributed by atoms with Gasteiger partial charge in [-0.25, -0.2) is 0 Å². The normalized spacial score (nSPS) is 14.9. The summed E-state index contributed by atoms with van der Waals surface area (Å²) in [6, 6.07) is 1.90. The van der Waals surface area contributed by atoms with E-state index in [0.717, 1.165) is 12.0 Å². The lowest BCUT2D eigenvalue weighted by Gasteiger charge is -2.23. The van der Waals surface area contributed by atoms with E-state index >= 15 is 0 Å². The maximum atomic E-state index is 6.17. The minimum Gasteiger partial charge on any atom is -0.377 e. The molecular formula is C12H20N2O. The van der Waals surface area contributed by atoms with Gasteiger partial charge in [0.25, 0.3) is 0 Å². The first-order valence-electron chi connectivity index (χ1n) is 5.48. The summed E-state index contributed by atoms with van der Waals surface area (Å²) in [5.41, 5.74) is 8.43. The molecule has 0 aliphatic rings. The third kappa shape index (κ3) is 3.01. The maximum absolute atomic E-state index is 6.17. The number of aromatic nitrogens is 1. The molecule has 0 radical (unpaired) electrons. The summed E-state index contributed by atoms with van der Waals surface area (Å²) < 4.78 is 5.61. The van der Waals surface area contributed by atoms with Crippen molar-refractivity contribution in [3.8, 4) is 0 Å². The second-order valence-corrected chi connectivity index (χ2v) is 3.66. The zero-order chi connectivity index (χ0) is 11.3. The molecule has 0 aromatic carbocycles. The zero-order valence-electron chi connectivity index (χ0n) is 9.73. The second-order valence-electron chi connectivity index (χ2n) is 3.66. The van der Waals surface area contributed by atoms with Crippen LogP contribution in [-0.4, -0.2) is 17.7 Å². The Kier molecular flexibility index (Phi) is 4.72. The Bertz CT molecular complexity index is 301. The molecular weight excluding hydrogens is 188 g/mol. The number of rotatable bonds is 5. The highest BCUT2D eigenvalue weighted by atomic mass is 16.5. The van der Waals surface area contributed by atoms with Crippen LogP contribution in [0.1, 0.15) is 37.4 Å². The van der Waals surface area contributed by atoms with Crippen molar-refractivity contribution in [1.29, 1.82) is 0 Å². The Morgan fingerprint density at radius 3 is 2.73 bits per heavy atom. The Labute approximate surface area is 91.7 Å². The molecule has 0 aliphatic heterocycles. The topological polar surface area (TPSA) is 48.1 Å². The molecule has 0 amide bonds. The molecule has 2 N–H and O–H groups in total. The van der Waals surface area contributed by atoms with Crippen LogP contribution in [0.5, 0.6) is 0 Å². The van der Waals surface area contributed by atoms with Gasteiger partial charge in [0.15, 0.2) is 0 Å². The number of aryl methyl sites for hydroxylation is 1. The summed E-state index contributed by atoms with van der Waals surface area (Å²) in [4.78, 5) is 4.11. The third-order valence-electron chi connectivity index (χ3n) is 2.62. The number of ether oxygens (including phenoxy) is 1. The predicted molar refractivity (Wildman–Crippen MR) is 61.6 cm³/mol. The predicted octanol–water partition coefficient (Wildman–Crippen LogP) is 2.20. The lowest BCUT2D eigenvalue weighted by Crippen LogP contribution is -2.29. The molecule has 1 rings (SSSR count). The molecule has 15 heavy (non-hydrogen) atoms. The molecule has 0 bridgehead atoms. The highest BCUT2D eigenvalue weighted by molar-refractivity contribution is 5.25. The zero-order valence-corrected chi connectivity index (χ0v) is 9.73.